The van der Waals surface area contributed by atoms with Crippen LogP contribution in [0, 0.1) is 10.1 Å². The van der Waals surface area contributed by atoms with Crippen LogP contribution in [-0.4, -0.2) is 16.5 Å². The van der Waals surface area contributed by atoms with E-state index >= 15 is 0 Å². The quantitative estimate of drug-likeness (QED) is 0.416. The maximum Gasteiger partial charge on any atom is 0.271 e. The Bertz CT molecular complexity index is 979. The van der Waals surface area contributed by atoms with Crippen molar-refractivity contribution >= 4 is 17.3 Å². The summed E-state index contributed by atoms with van der Waals surface area (Å²) in [4.78, 5) is 22.5. The summed E-state index contributed by atoms with van der Waals surface area (Å²) >= 11 is 0. The largest absolute Gasteiger partial charge is 0.271 e. The molecule has 0 unspecified atom stereocenters. The minimum atomic E-state index is -0.461. The average molecular weight is 359 g/mol. The molecule has 0 aliphatic heterocycles. The molecule has 6 heteroatoms. The second-order valence-corrected chi connectivity index (χ2v) is 5.89. The Morgan fingerprint density at radius 2 is 1.41 bits per heavy atom. The fraction of sp³-hybridized carbons (Fsp3) is 0.0476. The molecule has 27 heavy (non-hydrogen) atoms. The van der Waals surface area contributed by atoms with Gasteiger partial charge in [0.2, 0.25) is 0 Å². The Hall–Kier alpha value is -3.80. The van der Waals surface area contributed by atoms with Crippen LogP contribution >= 0.6 is 0 Å². The zero-order chi connectivity index (χ0) is 19.2. The van der Waals surface area contributed by atoms with Gasteiger partial charge < -0.3 is 0 Å². The minimum Gasteiger partial charge on any atom is -0.267 e. The van der Waals surface area contributed by atoms with Crippen LogP contribution in [0.3, 0.4) is 0 Å². The number of hydrazone groups is 1. The van der Waals surface area contributed by atoms with Gasteiger partial charge in [0.15, 0.2) is 0 Å². The third kappa shape index (κ3) is 4.43. The van der Waals surface area contributed by atoms with E-state index in [2.05, 4.69) is 10.5 Å². The Morgan fingerprint density at radius 1 is 0.852 bits per heavy atom. The highest BCUT2D eigenvalue weighted by molar-refractivity contribution is 6.01. The molecule has 3 aromatic carbocycles. The van der Waals surface area contributed by atoms with E-state index in [1.165, 1.54) is 12.1 Å². The van der Waals surface area contributed by atoms with Crippen molar-refractivity contribution in [1.29, 1.82) is 0 Å². The molecule has 3 aromatic rings. The summed E-state index contributed by atoms with van der Waals surface area (Å²) in [7, 11) is 0. The summed E-state index contributed by atoms with van der Waals surface area (Å²) in [5, 5.41) is 14.8. The van der Waals surface area contributed by atoms with E-state index in [9.17, 15) is 14.9 Å². The van der Waals surface area contributed by atoms with E-state index < -0.39 is 4.92 Å². The average Bonchev–Trinajstić information content (AvgIpc) is 2.72. The van der Waals surface area contributed by atoms with Crippen molar-refractivity contribution in [3.8, 4) is 11.1 Å². The molecule has 0 aliphatic carbocycles. The predicted octanol–water partition coefficient (Wildman–Crippen LogP) is 4.42. The van der Waals surface area contributed by atoms with Gasteiger partial charge in [-0.25, -0.2) is 5.43 Å². The Kier molecular flexibility index (Phi) is 5.37. The van der Waals surface area contributed by atoms with Crippen LogP contribution in [0.4, 0.5) is 5.69 Å². The maximum atomic E-state index is 12.3. The first-order valence-corrected chi connectivity index (χ1v) is 8.29. The number of carbonyl (C=O) groups excluding carboxylic acids is 1. The molecule has 0 heterocycles. The fourth-order valence-electron chi connectivity index (χ4n) is 2.53. The Labute approximate surface area is 156 Å². The maximum absolute atomic E-state index is 12.3. The van der Waals surface area contributed by atoms with E-state index in [1.807, 2.05) is 42.5 Å². The minimum absolute atomic E-state index is 0.00842. The highest BCUT2D eigenvalue weighted by Crippen LogP contribution is 2.19. The number of benzene rings is 3. The molecule has 3 rings (SSSR count). The number of amides is 1. The molecule has 0 saturated carbocycles. The predicted molar refractivity (Wildman–Crippen MR) is 105 cm³/mol. The van der Waals surface area contributed by atoms with Crippen LogP contribution in [0.2, 0.25) is 0 Å². The van der Waals surface area contributed by atoms with Gasteiger partial charge in [0.1, 0.15) is 0 Å². The molecule has 0 bridgehead atoms. The standard InChI is InChI=1S/C21H17N3O3/c1-15(16-11-13-20(14-12-16)24(26)27)22-23-21(25)19-9-7-18(8-10-19)17-5-3-2-4-6-17/h2-14H,1H3,(H,23,25)/b22-15+. The number of rotatable bonds is 5. The summed E-state index contributed by atoms with van der Waals surface area (Å²) in [5.74, 6) is -0.323. The molecule has 6 nitrogen and oxygen atoms in total. The first kappa shape index (κ1) is 18.0. The number of carbonyl (C=O) groups is 1. The van der Waals surface area contributed by atoms with Crippen LogP contribution in [0.1, 0.15) is 22.8 Å². The molecule has 0 atom stereocenters. The van der Waals surface area contributed by atoms with Gasteiger partial charge in [-0.15, -0.1) is 0 Å². The second kappa shape index (κ2) is 8.05. The van der Waals surface area contributed by atoms with Crippen LogP contribution in [0.25, 0.3) is 11.1 Å². The van der Waals surface area contributed by atoms with Crippen molar-refractivity contribution in [3.05, 3.63) is 100 Å². The summed E-state index contributed by atoms with van der Waals surface area (Å²) in [6, 6.07) is 23.2. The highest BCUT2D eigenvalue weighted by Gasteiger charge is 2.08. The third-order valence-electron chi connectivity index (χ3n) is 4.08. The molecule has 0 spiro atoms. The molecule has 0 saturated heterocycles. The normalized spacial score (nSPS) is 11.1. The van der Waals surface area contributed by atoms with Crippen LogP contribution < -0.4 is 5.43 Å². The molecular weight excluding hydrogens is 342 g/mol. The monoisotopic (exact) mass is 359 g/mol. The van der Waals surface area contributed by atoms with E-state index in [1.54, 1.807) is 31.2 Å². The van der Waals surface area contributed by atoms with Gasteiger partial charge in [0.05, 0.1) is 10.6 Å². The van der Waals surface area contributed by atoms with Crippen molar-refractivity contribution in [2.75, 3.05) is 0 Å². The van der Waals surface area contributed by atoms with Gasteiger partial charge in [-0.1, -0.05) is 42.5 Å². The smallest absolute Gasteiger partial charge is 0.267 e. The molecule has 0 fully saturated rings. The molecule has 0 aliphatic rings. The van der Waals surface area contributed by atoms with Gasteiger partial charge in [-0.3, -0.25) is 14.9 Å². The summed E-state index contributed by atoms with van der Waals surface area (Å²) < 4.78 is 0. The summed E-state index contributed by atoms with van der Waals surface area (Å²) in [5.41, 5.74) is 6.37. The van der Waals surface area contributed by atoms with Gasteiger partial charge in [-0.05, 0) is 47.9 Å². The lowest BCUT2D eigenvalue weighted by molar-refractivity contribution is -0.384. The SMILES string of the molecule is C/C(=N\NC(=O)c1ccc(-c2ccccc2)cc1)c1ccc([N+](=O)[O-])cc1. The second-order valence-electron chi connectivity index (χ2n) is 5.89. The summed E-state index contributed by atoms with van der Waals surface area (Å²) in [6.45, 7) is 1.72. The topological polar surface area (TPSA) is 84.6 Å². The lowest BCUT2D eigenvalue weighted by Gasteiger charge is -2.05. The number of hydrogen-bond acceptors (Lipinski definition) is 4. The van der Waals surface area contributed by atoms with Gasteiger partial charge >= 0.3 is 0 Å². The highest BCUT2D eigenvalue weighted by atomic mass is 16.6. The molecule has 0 aromatic heterocycles. The van der Waals surface area contributed by atoms with Crippen LogP contribution in [-0.2, 0) is 0 Å². The molecule has 1 amide bonds. The first-order valence-electron chi connectivity index (χ1n) is 8.29. The lowest BCUT2D eigenvalue weighted by Crippen LogP contribution is -2.19. The van der Waals surface area contributed by atoms with Gasteiger partial charge in [0.25, 0.3) is 11.6 Å². The number of hydrogen-bond donors (Lipinski definition) is 1. The number of nitrogens with zero attached hydrogens (tertiary/aromatic N) is 2. The number of nitro groups is 1. The molecule has 1 N–H and O–H groups in total. The molecular formula is C21H17N3O3. The summed E-state index contributed by atoms with van der Waals surface area (Å²) in [6.07, 6.45) is 0. The number of nitro benzene ring substituents is 1. The lowest BCUT2D eigenvalue weighted by atomic mass is 10.0. The van der Waals surface area contributed by atoms with Crippen molar-refractivity contribution in [3.63, 3.8) is 0 Å². The Morgan fingerprint density at radius 3 is 2.00 bits per heavy atom. The molecule has 0 radical (unpaired) electrons. The van der Waals surface area contributed by atoms with E-state index in [4.69, 9.17) is 0 Å². The van der Waals surface area contributed by atoms with Gasteiger partial charge in [0, 0.05) is 17.7 Å². The van der Waals surface area contributed by atoms with E-state index in [0.29, 0.717) is 16.8 Å². The van der Waals surface area contributed by atoms with Crippen LogP contribution in [0.5, 0.6) is 0 Å². The number of non-ortho nitro benzene ring substituents is 1. The zero-order valence-electron chi connectivity index (χ0n) is 14.6. The van der Waals surface area contributed by atoms with E-state index in [-0.39, 0.29) is 11.6 Å². The zero-order valence-corrected chi connectivity index (χ0v) is 14.6. The fourth-order valence-corrected chi connectivity index (χ4v) is 2.53. The first-order chi connectivity index (χ1) is 13.0. The van der Waals surface area contributed by atoms with Crippen molar-refractivity contribution in [2.45, 2.75) is 6.92 Å². The van der Waals surface area contributed by atoms with Gasteiger partial charge in [-0.2, -0.15) is 5.10 Å². The Balaban J connectivity index is 1.67. The van der Waals surface area contributed by atoms with E-state index in [0.717, 1.165) is 11.1 Å². The third-order valence-corrected chi connectivity index (χ3v) is 4.08. The van der Waals surface area contributed by atoms with Crippen LogP contribution in [0.15, 0.2) is 84.0 Å². The van der Waals surface area contributed by atoms with Crippen molar-refractivity contribution < 1.29 is 9.72 Å². The molecule has 134 valence electrons. The number of nitrogens with one attached hydrogen (secondary N) is 1. The van der Waals surface area contributed by atoms with Crippen molar-refractivity contribution in [2.24, 2.45) is 5.10 Å². The van der Waals surface area contributed by atoms with Crippen molar-refractivity contribution in [1.82, 2.24) is 5.43 Å².